The molecule has 0 bridgehead atoms. The van der Waals surface area contributed by atoms with E-state index in [4.69, 9.17) is 4.42 Å². The summed E-state index contributed by atoms with van der Waals surface area (Å²) in [7, 11) is 0. The lowest BCUT2D eigenvalue weighted by Gasteiger charge is -2.11. The van der Waals surface area contributed by atoms with Crippen LogP contribution in [0.3, 0.4) is 0 Å². The summed E-state index contributed by atoms with van der Waals surface area (Å²) in [5.41, 5.74) is 3.75. The minimum atomic E-state index is 0.554. The normalized spacial score (nSPS) is 10.7. The van der Waals surface area contributed by atoms with E-state index < -0.39 is 0 Å². The zero-order chi connectivity index (χ0) is 16.4. The largest absolute Gasteiger partial charge is 0.464 e. The van der Waals surface area contributed by atoms with Crippen LogP contribution in [0.2, 0.25) is 0 Å². The number of furan rings is 1. The molecule has 2 aromatic heterocycles. The van der Waals surface area contributed by atoms with Crippen LogP contribution in [-0.4, -0.2) is 9.97 Å². The van der Waals surface area contributed by atoms with Crippen molar-refractivity contribution in [3.05, 3.63) is 72.6 Å². The monoisotopic (exact) mass is 316 g/mol. The van der Waals surface area contributed by atoms with E-state index in [2.05, 4.69) is 20.6 Å². The molecule has 0 amide bonds. The highest BCUT2D eigenvalue weighted by atomic mass is 16.3. The average molecular weight is 316 g/mol. The Kier molecular flexibility index (Phi) is 3.59. The lowest BCUT2D eigenvalue weighted by Crippen LogP contribution is -2.02. The maximum Gasteiger partial charge on any atom is 0.229 e. The van der Waals surface area contributed by atoms with Crippen molar-refractivity contribution in [3.63, 3.8) is 0 Å². The van der Waals surface area contributed by atoms with Crippen LogP contribution >= 0.6 is 0 Å². The number of nitrogens with zero attached hydrogens (tertiary/aromatic N) is 2. The average Bonchev–Trinajstić information content (AvgIpc) is 3.06. The van der Waals surface area contributed by atoms with Gasteiger partial charge in [-0.05, 0) is 43.3 Å². The number of aromatic nitrogens is 2. The fourth-order valence-electron chi connectivity index (χ4n) is 2.46. The molecule has 0 atom stereocenters. The van der Waals surface area contributed by atoms with Gasteiger partial charge in [-0.2, -0.15) is 4.98 Å². The van der Waals surface area contributed by atoms with Crippen LogP contribution < -0.4 is 10.6 Å². The lowest BCUT2D eigenvalue weighted by atomic mass is 10.2. The van der Waals surface area contributed by atoms with E-state index in [0.717, 1.165) is 33.7 Å². The second-order valence-corrected chi connectivity index (χ2v) is 5.51. The van der Waals surface area contributed by atoms with Gasteiger partial charge < -0.3 is 15.1 Å². The quantitative estimate of drug-likeness (QED) is 0.553. The van der Waals surface area contributed by atoms with E-state index in [9.17, 15) is 0 Å². The van der Waals surface area contributed by atoms with Gasteiger partial charge in [-0.3, -0.25) is 0 Å². The number of hydrogen-bond acceptors (Lipinski definition) is 5. The molecule has 24 heavy (non-hydrogen) atoms. The molecule has 4 rings (SSSR count). The van der Waals surface area contributed by atoms with Crippen molar-refractivity contribution in [2.45, 2.75) is 6.92 Å². The van der Waals surface area contributed by atoms with Crippen molar-refractivity contribution in [1.29, 1.82) is 0 Å². The third kappa shape index (κ3) is 2.92. The summed E-state index contributed by atoms with van der Waals surface area (Å²) in [6, 6.07) is 17.7. The maximum atomic E-state index is 5.37. The first-order chi connectivity index (χ1) is 11.8. The number of para-hydroxylation sites is 1. The van der Waals surface area contributed by atoms with Gasteiger partial charge >= 0.3 is 0 Å². The van der Waals surface area contributed by atoms with Crippen LogP contribution in [0.4, 0.5) is 23.1 Å². The molecule has 0 aliphatic carbocycles. The molecule has 4 aromatic rings. The SMILES string of the molecule is Cc1cnc(Nc2ccccc2)nc1Nc1ccc2occc2c1. The van der Waals surface area contributed by atoms with Crippen LogP contribution in [0, 0.1) is 6.92 Å². The van der Waals surface area contributed by atoms with Crippen molar-refractivity contribution in [3.8, 4) is 0 Å². The van der Waals surface area contributed by atoms with Crippen LogP contribution in [0.15, 0.2) is 71.5 Å². The zero-order valence-electron chi connectivity index (χ0n) is 13.2. The van der Waals surface area contributed by atoms with Crippen molar-refractivity contribution < 1.29 is 4.42 Å². The van der Waals surface area contributed by atoms with E-state index >= 15 is 0 Å². The molecule has 0 aliphatic rings. The highest BCUT2D eigenvalue weighted by Gasteiger charge is 2.06. The third-order valence-corrected chi connectivity index (χ3v) is 3.72. The molecule has 2 N–H and O–H groups in total. The number of benzene rings is 2. The Hall–Kier alpha value is -3.34. The Bertz CT molecular complexity index is 979. The van der Waals surface area contributed by atoms with Crippen molar-refractivity contribution >= 4 is 34.1 Å². The molecule has 0 fully saturated rings. The standard InChI is InChI=1S/C19H16N4O/c1-13-12-20-19(22-15-5-3-2-4-6-15)23-18(13)21-16-7-8-17-14(11-16)9-10-24-17/h2-12H,1H3,(H2,20,21,22,23). The van der Waals surface area contributed by atoms with E-state index in [1.54, 1.807) is 12.5 Å². The summed E-state index contributed by atoms with van der Waals surface area (Å²) in [6.07, 6.45) is 3.49. The summed E-state index contributed by atoms with van der Waals surface area (Å²) in [6.45, 7) is 1.98. The summed E-state index contributed by atoms with van der Waals surface area (Å²) in [4.78, 5) is 8.91. The van der Waals surface area contributed by atoms with E-state index in [1.165, 1.54) is 0 Å². The summed E-state index contributed by atoms with van der Waals surface area (Å²) >= 11 is 0. The number of nitrogens with one attached hydrogen (secondary N) is 2. The highest BCUT2D eigenvalue weighted by molar-refractivity contribution is 5.82. The second-order valence-electron chi connectivity index (χ2n) is 5.51. The Morgan fingerprint density at radius 3 is 2.67 bits per heavy atom. The van der Waals surface area contributed by atoms with Gasteiger partial charge in [0.05, 0.1) is 6.26 Å². The molecule has 118 valence electrons. The van der Waals surface area contributed by atoms with E-state index in [1.807, 2.05) is 61.5 Å². The summed E-state index contributed by atoms with van der Waals surface area (Å²) < 4.78 is 5.37. The first-order valence-corrected chi connectivity index (χ1v) is 7.68. The molecule has 5 heteroatoms. The molecule has 0 radical (unpaired) electrons. The maximum absolute atomic E-state index is 5.37. The molecule has 0 unspecified atom stereocenters. The van der Waals surface area contributed by atoms with E-state index in [-0.39, 0.29) is 0 Å². The predicted octanol–water partition coefficient (Wildman–Crippen LogP) is 5.02. The molecule has 0 saturated heterocycles. The van der Waals surface area contributed by atoms with Crippen LogP contribution in [0.5, 0.6) is 0 Å². The van der Waals surface area contributed by atoms with Gasteiger partial charge in [0.2, 0.25) is 5.95 Å². The number of hydrogen-bond donors (Lipinski definition) is 2. The number of fused-ring (bicyclic) bond motifs is 1. The second kappa shape index (κ2) is 6.04. The molecule has 0 saturated carbocycles. The number of aryl methyl sites for hydroxylation is 1. The molecule has 0 spiro atoms. The van der Waals surface area contributed by atoms with Gasteiger partial charge in [0.15, 0.2) is 0 Å². The van der Waals surface area contributed by atoms with Crippen LogP contribution in [-0.2, 0) is 0 Å². The predicted molar refractivity (Wildman–Crippen MR) is 96.0 cm³/mol. The Balaban J connectivity index is 1.61. The lowest BCUT2D eigenvalue weighted by molar-refractivity contribution is 0.616. The zero-order valence-corrected chi connectivity index (χ0v) is 13.2. The van der Waals surface area contributed by atoms with Crippen molar-refractivity contribution in [2.75, 3.05) is 10.6 Å². The van der Waals surface area contributed by atoms with Gasteiger partial charge in [-0.25, -0.2) is 4.98 Å². The molecule has 0 aliphatic heterocycles. The van der Waals surface area contributed by atoms with Gasteiger partial charge in [0.25, 0.3) is 0 Å². The molecular formula is C19H16N4O. The summed E-state index contributed by atoms with van der Waals surface area (Å²) in [5, 5.41) is 7.60. The van der Waals surface area contributed by atoms with Gasteiger partial charge in [0, 0.05) is 28.5 Å². The molecule has 5 nitrogen and oxygen atoms in total. The smallest absolute Gasteiger partial charge is 0.229 e. The Morgan fingerprint density at radius 1 is 0.917 bits per heavy atom. The van der Waals surface area contributed by atoms with Crippen molar-refractivity contribution in [1.82, 2.24) is 9.97 Å². The first kappa shape index (κ1) is 14.3. The minimum Gasteiger partial charge on any atom is -0.464 e. The Morgan fingerprint density at radius 2 is 1.79 bits per heavy atom. The minimum absolute atomic E-state index is 0.554. The van der Waals surface area contributed by atoms with Crippen LogP contribution in [0.1, 0.15) is 5.56 Å². The fourth-order valence-corrected chi connectivity index (χ4v) is 2.46. The third-order valence-electron chi connectivity index (χ3n) is 3.72. The Labute approximate surface area is 139 Å². The number of anilines is 4. The molecule has 2 heterocycles. The topological polar surface area (TPSA) is 63.0 Å². The van der Waals surface area contributed by atoms with Gasteiger partial charge in [-0.1, -0.05) is 18.2 Å². The molecule has 2 aromatic carbocycles. The van der Waals surface area contributed by atoms with Gasteiger partial charge in [0.1, 0.15) is 11.4 Å². The first-order valence-electron chi connectivity index (χ1n) is 7.68. The number of rotatable bonds is 4. The van der Waals surface area contributed by atoms with Gasteiger partial charge in [-0.15, -0.1) is 0 Å². The molecular weight excluding hydrogens is 300 g/mol. The van der Waals surface area contributed by atoms with Crippen molar-refractivity contribution in [2.24, 2.45) is 0 Å². The summed E-state index contributed by atoms with van der Waals surface area (Å²) in [5.74, 6) is 1.32. The fraction of sp³-hybridized carbons (Fsp3) is 0.0526. The highest BCUT2D eigenvalue weighted by Crippen LogP contribution is 2.24. The van der Waals surface area contributed by atoms with Crippen LogP contribution in [0.25, 0.3) is 11.0 Å². The van der Waals surface area contributed by atoms with E-state index in [0.29, 0.717) is 5.95 Å².